The third kappa shape index (κ3) is 5.32. The Morgan fingerprint density at radius 2 is 2.20 bits per heavy atom. The lowest BCUT2D eigenvalue weighted by molar-refractivity contribution is -0.0283. The highest BCUT2D eigenvalue weighted by molar-refractivity contribution is 4.91. The number of aliphatic hydroxyl groups is 1. The van der Waals surface area contributed by atoms with Crippen molar-refractivity contribution in [3.05, 3.63) is 0 Å². The first-order valence-electron chi connectivity index (χ1n) is 8.42. The van der Waals surface area contributed by atoms with Crippen LogP contribution in [-0.4, -0.2) is 62.0 Å². The van der Waals surface area contributed by atoms with Crippen LogP contribution in [0.15, 0.2) is 0 Å². The van der Waals surface area contributed by atoms with E-state index in [9.17, 15) is 5.11 Å². The Morgan fingerprint density at radius 3 is 2.80 bits per heavy atom. The van der Waals surface area contributed by atoms with Gasteiger partial charge in [0.25, 0.3) is 0 Å². The molecule has 1 aliphatic carbocycles. The lowest BCUT2D eigenvalue weighted by Crippen LogP contribution is -2.50. The molecule has 20 heavy (non-hydrogen) atoms. The molecule has 4 heteroatoms. The van der Waals surface area contributed by atoms with Gasteiger partial charge in [0, 0.05) is 37.7 Å². The Kier molecular flexibility index (Phi) is 6.75. The Morgan fingerprint density at radius 1 is 1.35 bits per heavy atom. The second-order valence-electron chi connectivity index (χ2n) is 6.66. The Balaban J connectivity index is 1.88. The van der Waals surface area contributed by atoms with E-state index in [0.29, 0.717) is 0 Å². The van der Waals surface area contributed by atoms with Crippen LogP contribution in [0.25, 0.3) is 0 Å². The molecule has 0 aromatic heterocycles. The van der Waals surface area contributed by atoms with Crippen molar-refractivity contribution in [3.63, 3.8) is 0 Å². The van der Waals surface area contributed by atoms with Crippen LogP contribution in [0.2, 0.25) is 0 Å². The molecule has 2 N–H and O–H groups in total. The Labute approximate surface area is 123 Å². The Bertz CT molecular complexity index is 263. The molecule has 2 fully saturated rings. The molecule has 2 rings (SSSR count). The predicted molar refractivity (Wildman–Crippen MR) is 81.9 cm³/mol. The minimum absolute atomic E-state index is 0.254. The van der Waals surface area contributed by atoms with Crippen molar-refractivity contribution in [1.82, 2.24) is 10.2 Å². The van der Waals surface area contributed by atoms with Gasteiger partial charge in [-0.05, 0) is 38.6 Å². The van der Waals surface area contributed by atoms with Crippen LogP contribution in [0, 0.1) is 5.41 Å². The summed E-state index contributed by atoms with van der Waals surface area (Å²) in [6.07, 6.45) is 7.53. The van der Waals surface area contributed by atoms with E-state index in [0.717, 1.165) is 45.4 Å². The van der Waals surface area contributed by atoms with E-state index in [4.69, 9.17) is 4.74 Å². The maximum Gasteiger partial charge on any atom is 0.0558 e. The molecule has 118 valence electrons. The van der Waals surface area contributed by atoms with Crippen molar-refractivity contribution in [3.8, 4) is 0 Å². The quantitative estimate of drug-likeness (QED) is 0.640. The van der Waals surface area contributed by atoms with E-state index in [1.54, 1.807) is 0 Å². The summed E-state index contributed by atoms with van der Waals surface area (Å²) >= 11 is 0. The van der Waals surface area contributed by atoms with Gasteiger partial charge < -0.3 is 20.1 Å². The van der Waals surface area contributed by atoms with Crippen molar-refractivity contribution in [1.29, 1.82) is 0 Å². The van der Waals surface area contributed by atoms with E-state index in [1.807, 2.05) is 0 Å². The topological polar surface area (TPSA) is 44.7 Å². The van der Waals surface area contributed by atoms with Gasteiger partial charge in [-0.3, -0.25) is 0 Å². The minimum atomic E-state index is 0.254. The lowest BCUT2D eigenvalue weighted by Gasteiger charge is -2.41. The maximum absolute atomic E-state index is 9.29. The summed E-state index contributed by atoms with van der Waals surface area (Å²) in [7, 11) is 0. The SMILES string of the molecule is CCCCN(CCO)CC1(CNC2CC2)CCCOC1. The fourth-order valence-electron chi connectivity index (χ4n) is 3.15. The normalized spacial score (nSPS) is 27.1. The van der Waals surface area contributed by atoms with Gasteiger partial charge in [0.05, 0.1) is 13.2 Å². The average molecular weight is 284 g/mol. The number of nitrogens with zero attached hydrogens (tertiary/aromatic N) is 1. The van der Waals surface area contributed by atoms with Crippen LogP contribution in [0.1, 0.15) is 45.4 Å². The monoisotopic (exact) mass is 284 g/mol. The zero-order valence-electron chi connectivity index (χ0n) is 13.1. The van der Waals surface area contributed by atoms with Crippen molar-refractivity contribution in [2.75, 3.05) is 46.0 Å². The number of aliphatic hydroxyl groups excluding tert-OH is 1. The molecule has 0 bridgehead atoms. The fourth-order valence-corrected chi connectivity index (χ4v) is 3.15. The van der Waals surface area contributed by atoms with Crippen LogP contribution < -0.4 is 5.32 Å². The van der Waals surface area contributed by atoms with Crippen LogP contribution in [0.5, 0.6) is 0 Å². The molecule has 4 nitrogen and oxygen atoms in total. The summed E-state index contributed by atoms with van der Waals surface area (Å²) in [6, 6.07) is 0.760. The predicted octanol–water partition coefficient (Wildman–Crippen LogP) is 1.63. The molecule has 1 heterocycles. The van der Waals surface area contributed by atoms with Gasteiger partial charge >= 0.3 is 0 Å². The number of hydrogen-bond donors (Lipinski definition) is 2. The highest BCUT2D eigenvalue weighted by Crippen LogP contribution is 2.31. The molecular weight excluding hydrogens is 252 g/mol. The molecule has 1 aliphatic heterocycles. The molecule has 0 aromatic carbocycles. The van der Waals surface area contributed by atoms with Gasteiger partial charge in [-0.2, -0.15) is 0 Å². The average Bonchev–Trinajstić information content (AvgIpc) is 3.28. The van der Waals surface area contributed by atoms with Gasteiger partial charge in [-0.25, -0.2) is 0 Å². The maximum atomic E-state index is 9.29. The zero-order chi connectivity index (χ0) is 14.3. The summed E-state index contributed by atoms with van der Waals surface area (Å²) in [5.41, 5.74) is 0.254. The highest BCUT2D eigenvalue weighted by atomic mass is 16.5. The molecule has 0 aromatic rings. The van der Waals surface area contributed by atoms with E-state index < -0.39 is 0 Å². The van der Waals surface area contributed by atoms with Gasteiger partial charge in [-0.1, -0.05) is 13.3 Å². The number of nitrogens with one attached hydrogen (secondary N) is 1. The first-order valence-corrected chi connectivity index (χ1v) is 8.42. The largest absolute Gasteiger partial charge is 0.395 e. The second-order valence-corrected chi connectivity index (χ2v) is 6.66. The van der Waals surface area contributed by atoms with Gasteiger partial charge in [-0.15, -0.1) is 0 Å². The fraction of sp³-hybridized carbons (Fsp3) is 1.00. The number of hydrogen-bond acceptors (Lipinski definition) is 4. The van der Waals surface area contributed by atoms with Gasteiger partial charge in [0.1, 0.15) is 0 Å². The molecule has 1 unspecified atom stereocenters. The van der Waals surface area contributed by atoms with Crippen molar-refractivity contribution >= 4 is 0 Å². The van der Waals surface area contributed by atoms with Crippen molar-refractivity contribution in [2.24, 2.45) is 5.41 Å². The van der Waals surface area contributed by atoms with Crippen LogP contribution in [0.3, 0.4) is 0 Å². The van der Waals surface area contributed by atoms with Gasteiger partial charge in [0.2, 0.25) is 0 Å². The molecule has 2 aliphatic rings. The first kappa shape index (κ1) is 16.2. The lowest BCUT2D eigenvalue weighted by atomic mass is 9.81. The van der Waals surface area contributed by atoms with E-state index >= 15 is 0 Å². The first-order chi connectivity index (χ1) is 9.78. The second kappa shape index (κ2) is 8.32. The third-order valence-corrected chi connectivity index (χ3v) is 4.55. The van der Waals surface area contributed by atoms with E-state index in [1.165, 1.54) is 38.5 Å². The summed E-state index contributed by atoms with van der Waals surface area (Å²) in [5.74, 6) is 0. The number of ether oxygens (including phenoxy) is 1. The van der Waals surface area contributed by atoms with Crippen molar-refractivity contribution in [2.45, 2.75) is 51.5 Å². The smallest absolute Gasteiger partial charge is 0.0558 e. The van der Waals surface area contributed by atoms with Crippen LogP contribution in [0.4, 0.5) is 0 Å². The molecule has 1 saturated heterocycles. The standard InChI is InChI=1S/C16H32N2O2/c1-2-3-8-18(9-10-19)13-16(7-4-11-20-14-16)12-17-15-5-6-15/h15,17,19H,2-14H2,1H3. The Hall–Kier alpha value is -0.160. The van der Waals surface area contributed by atoms with Crippen LogP contribution in [-0.2, 0) is 4.74 Å². The summed E-state index contributed by atoms with van der Waals surface area (Å²) in [4.78, 5) is 2.44. The van der Waals surface area contributed by atoms with Gasteiger partial charge in [0.15, 0.2) is 0 Å². The molecular formula is C16H32N2O2. The zero-order valence-corrected chi connectivity index (χ0v) is 13.1. The summed E-state index contributed by atoms with van der Waals surface area (Å²) < 4.78 is 5.79. The molecule has 0 radical (unpaired) electrons. The summed E-state index contributed by atoms with van der Waals surface area (Å²) in [5, 5.41) is 13.0. The van der Waals surface area contributed by atoms with E-state index in [2.05, 4.69) is 17.1 Å². The molecule has 1 atom stereocenters. The highest BCUT2D eigenvalue weighted by Gasteiger charge is 2.36. The molecule has 1 saturated carbocycles. The van der Waals surface area contributed by atoms with E-state index in [-0.39, 0.29) is 12.0 Å². The minimum Gasteiger partial charge on any atom is -0.395 e. The third-order valence-electron chi connectivity index (χ3n) is 4.55. The van der Waals surface area contributed by atoms with Crippen LogP contribution >= 0.6 is 0 Å². The number of unbranched alkanes of at least 4 members (excludes halogenated alkanes) is 1. The van der Waals surface area contributed by atoms with Crippen molar-refractivity contribution < 1.29 is 9.84 Å². The molecule has 0 spiro atoms. The number of rotatable bonds is 10. The summed E-state index contributed by atoms with van der Waals surface area (Å²) in [6.45, 7) is 8.31. The molecule has 0 amide bonds.